The van der Waals surface area contributed by atoms with Crippen molar-refractivity contribution in [2.45, 2.75) is 44.8 Å². The van der Waals surface area contributed by atoms with E-state index in [0.29, 0.717) is 22.2 Å². The Morgan fingerprint density at radius 3 is 2.34 bits per heavy atom. The zero-order valence-electron chi connectivity index (χ0n) is 21.8. The average molecular weight is 532 g/mol. The van der Waals surface area contributed by atoms with Crippen molar-refractivity contribution in [2.24, 2.45) is 0 Å². The van der Waals surface area contributed by atoms with Crippen molar-refractivity contribution in [1.29, 1.82) is 0 Å². The Morgan fingerprint density at radius 1 is 0.974 bits per heavy atom. The van der Waals surface area contributed by atoms with E-state index >= 15 is 0 Å². The molecule has 0 spiro atoms. The molecule has 4 rings (SSSR count). The zero-order valence-corrected chi connectivity index (χ0v) is 22.6. The van der Waals surface area contributed by atoms with Gasteiger partial charge in [-0.25, -0.2) is 4.39 Å². The second-order valence-electron chi connectivity index (χ2n) is 9.93. The molecule has 38 heavy (non-hydrogen) atoms. The van der Waals surface area contributed by atoms with Gasteiger partial charge in [0.1, 0.15) is 5.82 Å². The number of aromatic nitrogens is 3. The van der Waals surface area contributed by atoms with E-state index in [1.807, 2.05) is 43.3 Å². The van der Waals surface area contributed by atoms with Crippen LogP contribution in [0.25, 0.3) is 5.69 Å². The number of nitrogens with one attached hydrogen (secondary N) is 2. The van der Waals surface area contributed by atoms with E-state index in [9.17, 15) is 14.0 Å². The van der Waals surface area contributed by atoms with E-state index in [2.05, 4.69) is 41.6 Å². The largest absolute Gasteiger partial charge is 0.345 e. The first-order valence-corrected chi connectivity index (χ1v) is 13.2. The van der Waals surface area contributed by atoms with Crippen LogP contribution in [-0.4, -0.2) is 32.3 Å². The van der Waals surface area contributed by atoms with Gasteiger partial charge in [-0.1, -0.05) is 56.8 Å². The van der Waals surface area contributed by atoms with Gasteiger partial charge in [0.2, 0.25) is 5.91 Å². The minimum absolute atomic E-state index is 0.00834. The van der Waals surface area contributed by atoms with Crippen LogP contribution in [0.1, 0.15) is 48.1 Å². The molecule has 196 valence electrons. The van der Waals surface area contributed by atoms with Crippen LogP contribution in [0, 0.1) is 12.7 Å². The summed E-state index contributed by atoms with van der Waals surface area (Å²) >= 11 is 1.20. The Morgan fingerprint density at radius 2 is 1.68 bits per heavy atom. The molecule has 4 aromatic rings. The van der Waals surface area contributed by atoms with Crippen molar-refractivity contribution in [3.8, 4) is 5.69 Å². The normalized spacial score (nSPS) is 11.3. The number of hydrogen-bond acceptors (Lipinski definition) is 5. The van der Waals surface area contributed by atoms with Crippen molar-refractivity contribution in [1.82, 2.24) is 20.1 Å². The maximum absolute atomic E-state index is 13.6. The van der Waals surface area contributed by atoms with E-state index < -0.39 is 0 Å². The number of rotatable bonds is 8. The second kappa shape index (κ2) is 11.6. The summed E-state index contributed by atoms with van der Waals surface area (Å²) in [6.07, 6.45) is 0. The number of halogens is 1. The quantitative estimate of drug-likeness (QED) is 0.286. The maximum Gasteiger partial charge on any atom is 0.251 e. The first-order valence-electron chi connectivity index (χ1n) is 12.2. The van der Waals surface area contributed by atoms with Crippen molar-refractivity contribution >= 4 is 29.3 Å². The van der Waals surface area contributed by atoms with E-state index in [-0.39, 0.29) is 35.3 Å². The summed E-state index contributed by atoms with van der Waals surface area (Å²) in [4.78, 5) is 25.4. The highest BCUT2D eigenvalue weighted by Gasteiger charge is 2.18. The maximum atomic E-state index is 13.6. The first-order chi connectivity index (χ1) is 18.1. The molecule has 2 amide bonds. The zero-order chi connectivity index (χ0) is 27.3. The molecular formula is C29H30FN5O2S. The van der Waals surface area contributed by atoms with Crippen LogP contribution >= 0.6 is 11.8 Å². The molecule has 3 aromatic carbocycles. The minimum Gasteiger partial charge on any atom is -0.345 e. The molecule has 0 radical (unpaired) electrons. The molecule has 0 aliphatic rings. The van der Waals surface area contributed by atoms with E-state index in [0.717, 1.165) is 16.8 Å². The molecule has 0 aliphatic heterocycles. The lowest BCUT2D eigenvalue weighted by molar-refractivity contribution is -0.113. The number of benzene rings is 3. The predicted molar refractivity (Wildman–Crippen MR) is 148 cm³/mol. The molecule has 1 heterocycles. The van der Waals surface area contributed by atoms with Crippen molar-refractivity contribution in [3.63, 3.8) is 0 Å². The summed E-state index contributed by atoms with van der Waals surface area (Å²) < 4.78 is 15.3. The second-order valence-corrected chi connectivity index (χ2v) is 10.9. The van der Waals surface area contributed by atoms with E-state index in [1.54, 1.807) is 28.8 Å². The lowest BCUT2D eigenvalue weighted by Gasteiger charge is -2.19. The van der Waals surface area contributed by atoms with Gasteiger partial charge >= 0.3 is 0 Å². The molecule has 0 bridgehead atoms. The van der Waals surface area contributed by atoms with Gasteiger partial charge in [0.15, 0.2) is 11.0 Å². The number of carbonyl (C=O) groups is 2. The lowest BCUT2D eigenvalue weighted by Crippen LogP contribution is -2.25. The molecule has 9 heteroatoms. The highest BCUT2D eigenvalue weighted by atomic mass is 32.2. The third kappa shape index (κ3) is 6.86. The number of nitrogens with zero attached hydrogens (tertiary/aromatic N) is 3. The molecule has 2 N–H and O–H groups in total. The summed E-state index contributed by atoms with van der Waals surface area (Å²) in [5.41, 5.74) is 4.05. The molecule has 0 fully saturated rings. The predicted octanol–water partition coefficient (Wildman–Crippen LogP) is 5.67. The van der Waals surface area contributed by atoms with E-state index in [1.165, 1.54) is 23.9 Å². The first kappa shape index (κ1) is 27.1. The molecular weight excluding hydrogens is 501 g/mol. The summed E-state index contributed by atoms with van der Waals surface area (Å²) in [5, 5.41) is 14.7. The fourth-order valence-corrected chi connectivity index (χ4v) is 4.56. The molecule has 0 unspecified atom stereocenters. The van der Waals surface area contributed by atoms with Crippen molar-refractivity contribution < 1.29 is 14.0 Å². The summed E-state index contributed by atoms with van der Waals surface area (Å²) in [6, 6.07) is 20.9. The van der Waals surface area contributed by atoms with Gasteiger partial charge in [-0.15, -0.1) is 10.2 Å². The summed E-state index contributed by atoms with van der Waals surface area (Å²) in [6.45, 7) is 8.40. The fourth-order valence-electron chi connectivity index (χ4n) is 3.79. The van der Waals surface area contributed by atoms with Crippen molar-refractivity contribution in [2.75, 3.05) is 11.1 Å². The van der Waals surface area contributed by atoms with Crippen LogP contribution in [0.2, 0.25) is 0 Å². The van der Waals surface area contributed by atoms with Gasteiger partial charge in [-0.2, -0.15) is 0 Å². The lowest BCUT2D eigenvalue weighted by atomic mass is 9.87. The van der Waals surface area contributed by atoms with Crippen LogP contribution in [0.15, 0.2) is 78.0 Å². The molecule has 0 saturated carbocycles. The number of anilines is 1. The SMILES string of the molecule is Cc1cccc(NC(=O)CSc2nnc(CNC(=O)c3ccc(C(C)(C)C)cc3)n2-c2ccc(F)cc2)c1. The Balaban J connectivity index is 1.48. The Labute approximate surface area is 225 Å². The highest BCUT2D eigenvalue weighted by Crippen LogP contribution is 2.24. The fraction of sp³-hybridized carbons (Fsp3) is 0.241. The topological polar surface area (TPSA) is 88.9 Å². The summed E-state index contributed by atoms with van der Waals surface area (Å²) in [7, 11) is 0. The smallest absolute Gasteiger partial charge is 0.251 e. The third-order valence-electron chi connectivity index (χ3n) is 5.84. The average Bonchev–Trinajstić information content (AvgIpc) is 3.29. The number of carbonyl (C=O) groups excluding carboxylic acids is 2. The Kier molecular flexibility index (Phi) is 8.26. The third-order valence-corrected chi connectivity index (χ3v) is 6.77. The Bertz CT molecular complexity index is 1430. The van der Waals surface area contributed by atoms with Gasteiger partial charge in [0.25, 0.3) is 5.91 Å². The van der Waals surface area contributed by atoms with Crippen LogP contribution in [-0.2, 0) is 16.8 Å². The Hall–Kier alpha value is -3.98. The van der Waals surface area contributed by atoms with Crippen molar-refractivity contribution in [3.05, 3.63) is 101 Å². The molecule has 1 aromatic heterocycles. The van der Waals surface area contributed by atoms with Gasteiger partial charge in [-0.05, 0) is 72.0 Å². The number of aryl methyl sites for hydroxylation is 1. The molecule has 7 nitrogen and oxygen atoms in total. The van der Waals surface area contributed by atoms with Crippen LogP contribution < -0.4 is 10.6 Å². The van der Waals surface area contributed by atoms with Crippen LogP contribution in [0.5, 0.6) is 0 Å². The van der Waals surface area contributed by atoms with Gasteiger partial charge in [-0.3, -0.25) is 14.2 Å². The molecule has 0 atom stereocenters. The summed E-state index contributed by atoms with van der Waals surface area (Å²) in [5.74, 6) is -0.256. The standard InChI is InChI=1S/C29H30FN5O2S/c1-19-6-5-7-23(16-19)32-26(36)18-38-28-34-33-25(35(28)24-14-12-22(30)13-15-24)17-31-27(37)20-8-10-21(11-9-20)29(2,3)4/h5-16H,17-18H2,1-4H3,(H,31,37)(H,32,36). The van der Waals surface area contributed by atoms with Crippen LogP contribution in [0.4, 0.5) is 10.1 Å². The van der Waals surface area contributed by atoms with Crippen LogP contribution in [0.3, 0.4) is 0 Å². The minimum atomic E-state index is -0.373. The molecule has 0 aliphatic carbocycles. The van der Waals surface area contributed by atoms with E-state index in [4.69, 9.17) is 0 Å². The van der Waals surface area contributed by atoms with Gasteiger partial charge in [0.05, 0.1) is 12.3 Å². The monoisotopic (exact) mass is 531 g/mol. The molecule has 0 saturated heterocycles. The number of amides is 2. The number of thioether (sulfide) groups is 1. The van der Waals surface area contributed by atoms with Gasteiger partial charge < -0.3 is 10.6 Å². The highest BCUT2D eigenvalue weighted by molar-refractivity contribution is 7.99. The van der Waals surface area contributed by atoms with Gasteiger partial charge in [0, 0.05) is 16.9 Å². The number of hydrogen-bond donors (Lipinski definition) is 2.